The summed E-state index contributed by atoms with van der Waals surface area (Å²) in [5.41, 5.74) is 11.5. The molecule has 0 aliphatic rings. The lowest BCUT2D eigenvalue weighted by atomic mass is 9.91. The SMILES string of the molecule is CC(O)c1c(-c2ccccc2-c2cccc(OCC(=O)O)c2)oc(-c2ccccc2)c1-c1ccccc1.CCOC(=O)COc1cccc(-c2ccccc2-c2oc(-c3ccccc3)c(-c3ccccc3)c2C=O)c1. The van der Waals surface area contributed by atoms with Crippen molar-refractivity contribution in [2.24, 2.45) is 0 Å². The Morgan fingerprint density at radius 2 is 0.880 bits per heavy atom. The Kier molecular flexibility index (Phi) is 16.0. The molecule has 0 fully saturated rings. The highest BCUT2D eigenvalue weighted by molar-refractivity contribution is 6.02. The van der Waals surface area contributed by atoms with Gasteiger partial charge in [-0.05, 0) is 71.5 Å². The molecule has 2 N–H and O–H groups in total. The van der Waals surface area contributed by atoms with Crippen LogP contribution < -0.4 is 9.47 Å². The molecule has 10 heteroatoms. The smallest absolute Gasteiger partial charge is 0.344 e. The number of furan rings is 2. The number of aliphatic hydroxyl groups is 1. The van der Waals surface area contributed by atoms with Crippen LogP contribution in [-0.2, 0) is 14.3 Å². The van der Waals surface area contributed by atoms with Crippen molar-refractivity contribution in [2.45, 2.75) is 20.0 Å². The molecule has 0 amide bonds. The molecule has 1 unspecified atom stereocenters. The normalized spacial score (nSPS) is 11.2. The number of carboxylic acid groups (broad SMARTS) is 1. The highest BCUT2D eigenvalue weighted by Gasteiger charge is 2.29. The molecule has 0 aliphatic heterocycles. The van der Waals surface area contributed by atoms with E-state index >= 15 is 0 Å². The van der Waals surface area contributed by atoms with Crippen LogP contribution in [0.25, 0.3) is 89.8 Å². The van der Waals surface area contributed by atoms with Crippen molar-refractivity contribution in [1.82, 2.24) is 0 Å². The van der Waals surface area contributed by atoms with Gasteiger partial charge in [0.2, 0.25) is 0 Å². The molecule has 0 radical (unpaired) electrons. The molecule has 10 rings (SSSR count). The molecular formula is C65H52O10. The second-order valence-electron chi connectivity index (χ2n) is 17.3. The lowest BCUT2D eigenvalue weighted by molar-refractivity contribution is -0.145. The molecule has 2 heterocycles. The van der Waals surface area contributed by atoms with Gasteiger partial charge in [0.05, 0.1) is 18.3 Å². The number of rotatable bonds is 17. The third kappa shape index (κ3) is 11.6. The molecule has 1 atom stereocenters. The molecule has 10 nitrogen and oxygen atoms in total. The van der Waals surface area contributed by atoms with E-state index in [1.165, 1.54) is 0 Å². The van der Waals surface area contributed by atoms with Crippen LogP contribution in [0.1, 0.15) is 35.9 Å². The Labute approximate surface area is 434 Å². The third-order valence-electron chi connectivity index (χ3n) is 12.3. The van der Waals surface area contributed by atoms with Gasteiger partial charge in [0, 0.05) is 38.9 Å². The van der Waals surface area contributed by atoms with E-state index in [0.29, 0.717) is 52.3 Å². The minimum Gasteiger partial charge on any atom is -0.482 e. The van der Waals surface area contributed by atoms with E-state index < -0.39 is 24.6 Å². The summed E-state index contributed by atoms with van der Waals surface area (Å²) in [4.78, 5) is 35.4. The number of carbonyl (C=O) groups excluding carboxylic acids is 2. The lowest BCUT2D eigenvalue weighted by Gasteiger charge is -2.13. The van der Waals surface area contributed by atoms with Crippen molar-refractivity contribution in [3.05, 3.63) is 230 Å². The number of hydrogen-bond donors (Lipinski definition) is 2. The zero-order valence-electron chi connectivity index (χ0n) is 41.2. The molecule has 75 heavy (non-hydrogen) atoms. The molecule has 372 valence electrons. The summed E-state index contributed by atoms with van der Waals surface area (Å²) in [6, 6.07) is 69.7. The number of aliphatic carboxylic acids is 1. The molecule has 0 bridgehead atoms. The van der Waals surface area contributed by atoms with E-state index in [4.69, 9.17) is 28.2 Å². The zero-order valence-corrected chi connectivity index (χ0v) is 41.2. The minimum absolute atomic E-state index is 0.173. The maximum absolute atomic E-state index is 12.6. The van der Waals surface area contributed by atoms with Gasteiger partial charge in [-0.15, -0.1) is 0 Å². The fraction of sp³-hybridized carbons (Fsp3) is 0.0923. The van der Waals surface area contributed by atoms with Gasteiger partial charge in [-0.1, -0.05) is 194 Å². The van der Waals surface area contributed by atoms with E-state index in [-0.39, 0.29) is 6.61 Å². The predicted molar refractivity (Wildman–Crippen MR) is 292 cm³/mol. The molecule has 2 aromatic heterocycles. The standard InChI is InChI=1S/C33H26O5.C32H26O5/c1-2-36-30(35)22-37-26-17-11-16-25(20-26)27-18-9-10-19-28(27)33-29(21-34)31(23-12-5-3-6-13-23)32(38-33)24-14-7-4-8-15-24;1-21(33)29-30(22-11-4-2-5-12-22)31(23-13-6-3-7-14-23)37-32(29)27-18-9-8-17-26(27)24-15-10-16-25(19-24)36-20-28(34)35/h3-21H,2,22H2,1H3;2-19,21,33H,20H2,1H3,(H,34,35). The first-order valence-corrected chi connectivity index (χ1v) is 24.4. The van der Waals surface area contributed by atoms with Crippen LogP contribution in [0, 0.1) is 0 Å². The number of hydrogen-bond acceptors (Lipinski definition) is 9. The minimum atomic E-state index is -1.04. The van der Waals surface area contributed by atoms with Crippen molar-refractivity contribution in [3.63, 3.8) is 0 Å². The predicted octanol–water partition coefficient (Wildman–Crippen LogP) is 15.2. The Balaban J connectivity index is 0.000000184. The number of aliphatic hydroxyl groups excluding tert-OH is 1. The molecule has 0 spiro atoms. The molecule has 10 aromatic rings. The van der Waals surface area contributed by atoms with Crippen LogP contribution >= 0.6 is 0 Å². The number of aldehydes is 1. The largest absolute Gasteiger partial charge is 0.482 e. The topological polar surface area (TPSA) is 146 Å². The number of benzene rings is 8. The molecule has 0 saturated heterocycles. The summed E-state index contributed by atoms with van der Waals surface area (Å²) in [6.07, 6.45) is 0.0632. The molecule has 0 saturated carbocycles. The van der Waals surface area contributed by atoms with Crippen molar-refractivity contribution in [3.8, 4) is 101 Å². The van der Waals surface area contributed by atoms with Crippen molar-refractivity contribution in [1.29, 1.82) is 0 Å². The van der Waals surface area contributed by atoms with Gasteiger partial charge >= 0.3 is 11.9 Å². The summed E-state index contributed by atoms with van der Waals surface area (Å²) < 4.78 is 29.2. The number of carbonyl (C=O) groups is 3. The lowest BCUT2D eigenvalue weighted by Crippen LogP contribution is -2.14. The summed E-state index contributed by atoms with van der Waals surface area (Å²) in [5, 5.41) is 20.1. The summed E-state index contributed by atoms with van der Waals surface area (Å²) >= 11 is 0. The summed E-state index contributed by atoms with van der Waals surface area (Å²) in [7, 11) is 0. The third-order valence-corrected chi connectivity index (χ3v) is 12.3. The summed E-state index contributed by atoms with van der Waals surface area (Å²) in [5.74, 6) is 1.93. The molecule has 0 aliphatic carbocycles. The second-order valence-corrected chi connectivity index (χ2v) is 17.3. The number of esters is 1. The quantitative estimate of drug-likeness (QED) is 0.0668. The van der Waals surface area contributed by atoms with Crippen molar-refractivity contribution in [2.75, 3.05) is 19.8 Å². The van der Waals surface area contributed by atoms with Crippen molar-refractivity contribution < 1.29 is 47.6 Å². The van der Waals surface area contributed by atoms with Crippen LogP contribution in [0.2, 0.25) is 0 Å². The van der Waals surface area contributed by atoms with Gasteiger partial charge in [0.15, 0.2) is 19.5 Å². The van der Waals surface area contributed by atoms with Gasteiger partial charge in [0.1, 0.15) is 34.5 Å². The zero-order chi connectivity index (χ0) is 52.1. The first-order valence-electron chi connectivity index (χ1n) is 24.4. The van der Waals surface area contributed by atoms with Gasteiger partial charge < -0.3 is 33.3 Å². The average molecular weight is 993 g/mol. The highest BCUT2D eigenvalue weighted by atomic mass is 16.6. The second kappa shape index (κ2) is 23.8. The van der Waals surface area contributed by atoms with E-state index in [9.17, 15) is 19.5 Å². The maximum atomic E-state index is 12.6. The van der Waals surface area contributed by atoms with E-state index in [1.54, 1.807) is 26.0 Å². The van der Waals surface area contributed by atoms with Gasteiger partial charge in [-0.2, -0.15) is 0 Å². The Hall–Kier alpha value is -9.51. The Morgan fingerprint density at radius 3 is 1.35 bits per heavy atom. The van der Waals surface area contributed by atoms with Crippen molar-refractivity contribution >= 4 is 18.2 Å². The fourth-order valence-electron chi connectivity index (χ4n) is 9.03. The van der Waals surface area contributed by atoms with Crippen LogP contribution in [0.15, 0.2) is 227 Å². The van der Waals surface area contributed by atoms with Crippen LogP contribution in [0.5, 0.6) is 11.5 Å². The average Bonchev–Trinajstić information content (AvgIpc) is 4.06. The number of carboxylic acids is 1. The first kappa shape index (κ1) is 50.4. The highest BCUT2D eigenvalue weighted by Crippen LogP contribution is 2.49. The molecule has 8 aromatic carbocycles. The van der Waals surface area contributed by atoms with Gasteiger partial charge in [-0.3, -0.25) is 4.79 Å². The van der Waals surface area contributed by atoms with Crippen LogP contribution in [-0.4, -0.2) is 48.3 Å². The molecular weight excluding hydrogens is 941 g/mol. The van der Waals surface area contributed by atoms with E-state index in [2.05, 4.69) is 0 Å². The van der Waals surface area contributed by atoms with Gasteiger partial charge in [-0.25, -0.2) is 9.59 Å². The van der Waals surface area contributed by atoms with E-state index in [1.807, 2.05) is 206 Å². The Bertz CT molecular complexity index is 3540. The van der Waals surface area contributed by atoms with Crippen LogP contribution in [0.3, 0.4) is 0 Å². The maximum Gasteiger partial charge on any atom is 0.344 e. The first-order chi connectivity index (χ1) is 36.7. The van der Waals surface area contributed by atoms with Crippen LogP contribution in [0.4, 0.5) is 0 Å². The van der Waals surface area contributed by atoms with Gasteiger partial charge in [0.25, 0.3) is 0 Å². The fourth-order valence-corrected chi connectivity index (χ4v) is 9.03. The monoisotopic (exact) mass is 992 g/mol. The van der Waals surface area contributed by atoms with E-state index in [0.717, 1.165) is 73.0 Å². The summed E-state index contributed by atoms with van der Waals surface area (Å²) in [6.45, 7) is 3.21. The Morgan fingerprint density at radius 1 is 0.480 bits per heavy atom. The number of ether oxygens (including phenoxy) is 3.